The SMILES string of the molecule is COc1cccc(C2=CC(c3c(Cl)cccc3Cl)n3ncnc3N2)c1. The quantitative estimate of drug-likeness (QED) is 0.726. The molecule has 0 radical (unpaired) electrons. The van der Waals surface area contributed by atoms with Crippen molar-refractivity contribution in [3.63, 3.8) is 0 Å². The highest BCUT2D eigenvalue weighted by Gasteiger charge is 2.26. The number of rotatable bonds is 3. The zero-order chi connectivity index (χ0) is 17.4. The lowest BCUT2D eigenvalue weighted by Crippen LogP contribution is -2.20. The van der Waals surface area contributed by atoms with Crippen LogP contribution in [0.1, 0.15) is 17.2 Å². The van der Waals surface area contributed by atoms with Crippen LogP contribution in [-0.2, 0) is 0 Å². The standard InChI is InChI=1S/C18H14Cl2N4O/c1-25-12-5-2-4-11(8-12)15-9-16(24-18(23-15)21-10-22-24)17-13(19)6-3-7-14(17)20/h2-10,16H,1H3,(H,21,22,23). The first-order valence-electron chi connectivity index (χ1n) is 7.64. The fourth-order valence-corrected chi connectivity index (χ4v) is 3.51. The fraction of sp³-hybridized carbons (Fsp3) is 0.111. The molecule has 1 N–H and O–H groups in total. The molecule has 5 nitrogen and oxygen atoms in total. The van der Waals surface area contributed by atoms with Gasteiger partial charge in [0.2, 0.25) is 5.95 Å². The van der Waals surface area contributed by atoms with Crippen LogP contribution in [0, 0.1) is 0 Å². The normalized spacial score (nSPS) is 16.0. The third kappa shape index (κ3) is 2.86. The van der Waals surface area contributed by atoms with Crippen LogP contribution in [0.5, 0.6) is 5.75 Å². The summed E-state index contributed by atoms with van der Waals surface area (Å²) < 4.78 is 7.08. The molecule has 0 fully saturated rings. The number of halogens is 2. The van der Waals surface area contributed by atoms with Crippen molar-refractivity contribution < 1.29 is 4.74 Å². The van der Waals surface area contributed by atoms with E-state index in [0.717, 1.165) is 22.6 Å². The van der Waals surface area contributed by atoms with Gasteiger partial charge in [-0.1, -0.05) is 41.4 Å². The summed E-state index contributed by atoms with van der Waals surface area (Å²) in [5, 5.41) is 8.78. The smallest absolute Gasteiger partial charge is 0.226 e. The highest BCUT2D eigenvalue weighted by Crippen LogP contribution is 2.38. The van der Waals surface area contributed by atoms with Gasteiger partial charge < -0.3 is 10.1 Å². The van der Waals surface area contributed by atoms with E-state index in [1.165, 1.54) is 6.33 Å². The van der Waals surface area contributed by atoms with Crippen LogP contribution in [0.3, 0.4) is 0 Å². The number of nitrogens with one attached hydrogen (secondary N) is 1. The third-order valence-corrected chi connectivity index (χ3v) is 4.74. The van der Waals surface area contributed by atoms with Crippen molar-refractivity contribution in [2.24, 2.45) is 0 Å². The maximum Gasteiger partial charge on any atom is 0.226 e. The summed E-state index contributed by atoms with van der Waals surface area (Å²) >= 11 is 12.8. The molecule has 0 aliphatic carbocycles. The Morgan fingerprint density at radius 2 is 1.88 bits per heavy atom. The number of nitrogens with zero attached hydrogens (tertiary/aromatic N) is 3. The molecule has 1 aliphatic rings. The summed E-state index contributed by atoms with van der Waals surface area (Å²) in [6, 6.07) is 13.0. The van der Waals surface area contributed by atoms with Gasteiger partial charge in [-0.2, -0.15) is 10.1 Å². The molecule has 25 heavy (non-hydrogen) atoms. The van der Waals surface area contributed by atoms with Crippen molar-refractivity contribution in [2.45, 2.75) is 6.04 Å². The van der Waals surface area contributed by atoms with Crippen LogP contribution in [0.25, 0.3) is 5.70 Å². The lowest BCUT2D eigenvalue weighted by atomic mass is 10.0. The van der Waals surface area contributed by atoms with Crippen LogP contribution in [0.2, 0.25) is 10.0 Å². The number of hydrogen-bond donors (Lipinski definition) is 1. The van der Waals surface area contributed by atoms with Crippen molar-refractivity contribution in [3.05, 3.63) is 76.0 Å². The Labute approximate surface area is 154 Å². The Morgan fingerprint density at radius 3 is 2.64 bits per heavy atom. The Kier molecular flexibility index (Phi) is 4.11. The molecule has 0 saturated carbocycles. The Hall–Kier alpha value is -2.50. The second-order valence-corrected chi connectivity index (χ2v) is 6.36. The lowest BCUT2D eigenvalue weighted by molar-refractivity contribution is 0.414. The van der Waals surface area contributed by atoms with Crippen LogP contribution in [0.4, 0.5) is 5.95 Å². The van der Waals surface area contributed by atoms with Gasteiger partial charge in [0, 0.05) is 26.9 Å². The van der Waals surface area contributed by atoms with E-state index in [9.17, 15) is 0 Å². The molecule has 1 aromatic heterocycles. The first-order chi connectivity index (χ1) is 12.2. The maximum absolute atomic E-state index is 6.42. The van der Waals surface area contributed by atoms with Crippen LogP contribution in [0.15, 0.2) is 54.9 Å². The van der Waals surface area contributed by atoms with Crippen molar-refractivity contribution >= 4 is 34.8 Å². The van der Waals surface area contributed by atoms with Gasteiger partial charge >= 0.3 is 0 Å². The average molecular weight is 373 g/mol. The van der Waals surface area contributed by atoms with E-state index >= 15 is 0 Å². The predicted molar refractivity (Wildman–Crippen MR) is 99.2 cm³/mol. The molecule has 0 amide bonds. The van der Waals surface area contributed by atoms with E-state index < -0.39 is 0 Å². The molecule has 2 heterocycles. The molecule has 7 heteroatoms. The van der Waals surface area contributed by atoms with Gasteiger partial charge in [0.1, 0.15) is 18.1 Å². The molecular weight excluding hydrogens is 359 g/mol. The molecule has 126 valence electrons. The maximum atomic E-state index is 6.42. The molecule has 0 bridgehead atoms. The molecule has 0 spiro atoms. The van der Waals surface area contributed by atoms with E-state index in [1.54, 1.807) is 11.8 Å². The van der Waals surface area contributed by atoms with Gasteiger partial charge in [-0.05, 0) is 30.3 Å². The van der Waals surface area contributed by atoms with Crippen molar-refractivity contribution in [1.82, 2.24) is 14.8 Å². The second kappa shape index (κ2) is 6.43. The minimum atomic E-state index is -0.263. The molecule has 1 unspecified atom stereocenters. The topological polar surface area (TPSA) is 52.0 Å². The summed E-state index contributed by atoms with van der Waals surface area (Å²) in [5.74, 6) is 1.40. The van der Waals surface area contributed by atoms with Gasteiger partial charge in [-0.25, -0.2) is 4.68 Å². The minimum absolute atomic E-state index is 0.263. The fourth-order valence-electron chi connectivity index (χ4n) is 2.89. The van der Waals surface area contributed by atoms with Gasteiger partial charge in [-0.15, -0.1) is 0 Å². The van der Waals surface area contributed by atoms with Crippen LogP contribution in [-0.4, -0.2) is 21.9 Å². The van der Waals surface area contributed by atoms with Gasteiger partial charge in [0.25, 0.3) is 0 Å². The number of ether oxygens (including phenoxy) is 1. The van der Waals surface area contributed by atoms with E-state index in [-0.39, 0.29) is 6.04 Å². The zero-order valence-electron chi connectivity index (χ0n) is 13.3. The summed E-state index contributed by atoms with van der Waals surface area (Å²) in [4.78, 5) is 4.29. The van der Waals surface area contributed by atoms with Crippen molar-refractivity contribution in [3.8, 4) is 5.75 Å². The average Bonchev–Trinajstić information content (AvgIpc) is 3.10. The van der Waals surface area contributed by atoms with Crippen LogP contribution >= 0.6 is 23.2 Å². The number of methoxy groups -OCH3 is 1. The number of benzene rings is 2. The lowest BCUT2D eigenvalue weighted by Gasteiger charge is -2.25. The number of anilines is 1. The highest BCUT2D eigenvalue weighted by molar-refractivity contribution is 6.36. The highest BCUT2D eigenvalue weighted by atomic mass is 35.5. The molecule has 0 saturated heterocycles. The predicted octanol–water partition coefficient (Wildman–Crippen LogP) is 4.65. The van der Waals surface area contributed by atoms with Crippen molar-refractivity contribution in [1.29, 1.82) is 0 Å². The van der Waals surface area contributed by atoms with E-state index in [2.05, 4.69) is 15.4 Å². The van der Waals surface area contributed by atoms with E-state index in [1.807, 2.05) is 48.5 Å². The molecule has 2 aromatic carbocycles. The Balaban J connectivity index is 1.86. The second-order valence-electron chi connectivity index (χ2n) is 5.55. The van der Waals surface area contributed by atoms with Crippen LogP contribution < -0.4 is 10.1 Å². The zero-order valence-corrected chi connectivity index (χ0v) is 14.8. The first-order valence-corrected chi connectivity index (χ1v) is 8.39. The number of hydrogen-bond acceptors (Lipinski definition) is 4. The summed E-state index contributed by atoms with van der Waals surface area (Å²) in [6.45, 7) is 0. The monoisotopic (exact) mass is 372 g/mol. The van der Waals surface area contributed by atoms with Gasteiger partial charge in [0.15, 0.2) is 0 Å². The van der Waals surface area contributed by atoms with Gasteiger partial charge in [0.05, 0.1) is 7.11 Å². The summed E-state index contributed by atoms with van der Waals surface area (Å²) in [7, 11) is 1.64. The minimum Gasteiger partial charge on any atom is -0.497 e. The Bertz CT molecular complexity index is 947. The van der Waals surface area contributed by atoms with E-state index in [4.69, 9.17) is 27.9 Å². The summed E-state index contributed by atoms with van der Waals surface area (Å²) in [5.41, 5.74) is 2.65. The van der Waals surface area contributed by atoms with Crippen molar-refractivity contribution in [2.75, 3.05) is 12.4 Å². The molecule has 1 atom stereocenters. The molecule has 1 aliphatic heterocycles. The Morgan fingerprint density at radius 1 is 1.12 bits per heavy atom. The molecule has 3 aromatic rings. The van der Waals surface area contributed by atoms with Gasteiger partial charge in [-0.3, -0.25) is 0 Å². The first kappa shape index (κ1) is 16.0. The number of fused-ring (bicyclic) bond motifs is 1. The largest absolute Gasteiger partial charge is 0.497 e. The molecular formula is C18H14Cl2N4O. The van der Waals surface area contributed by atoms with E-state index in [0.29, 0.717) is 16.0 Å². The number of allylic oxidation sites excluding steroid dienone is 1. The summed E-state index contributed by atoms with van der Waals surface area (Å²) in [6.07, 6.45) is 3.53. The number of aromatic nitrogens is 3. The third-order valence-electron chi connectivity index (χ3n) is 4.08. The molecule has 4 rings (SSSR count).